The second kappa shape index (κ2) is 19.8. The molecular formula is C26H44NNaO3. The summed E-state index contributed by atoms with van der Waals surface area (Å²) in [5, 5.41) is 9.14. The van der Waals surface area contributed by atoms with Gasteiger partial charge in [0, 0.05) is 5.56 Å². The van der Waals surface area contributed by atoms with Crippen molar-refractivity contribution in [3.05, 3.63) is 34.9 Å². The van der Waals surface area contributed by atoms with Gasteiger partial charge in [0.25, 0.3) is 0 Å². The summed E-state index contributed by atoms with van der Waals surface area (Å²) < 4.78 is 0. The average Bonchev–Trinajstić information content (AvgIpc) is 2.73. The van der Waals surface area contributed by atoms with Crippen LogP contribution in [0.5, 0.6) is 0 Å². The number of primary amides is 1. The number of aromatic carboxylic acids is 1. The van der Waals surface area contributed by atoms with E-state index in [-0.39, 0.29) is 35.1 Å². The van der Waals surface area contributed by atoms with E-state index in [1.807, 2.05) is 0 Å². The molecule has 0 aliphatic rings. The molecule has 1 aromatic rings. The first-order valence-electron chi connectivity index (χ1n) is 12.2. The molecule has 0 radical (unpaired) electrons. The van der Waals surface area contributed by atoms with Gasteiger partial charge in [0.15, 0.2) is 0 Å². The van der Waals surface area contributed by atoms with Crippen LogP contribution in [0.3, 0.4) is 0 Å². The maximum atomic E-state index is 11.5. The summed E-state index contributed by atoms with van der Waals surface area (Å²) >= 11 is 0. The number of unbranched alkanes of at least 4 members (excludes halogenated alkanes) is 15. The van der Waals surface area contributed by atoms with Crippen LogP contribution in [0.1, 0.15) is 136 Å². The first-order chi connectivity index (χ1) is 14.6. The molecule has 1 rings (SSSR count). The Kier molecular flexibility index (Phi) is 19.3. The molecule has 0 spiro atoms. The Hall–Kier alpha value is -0.840. The minimum absolute atomic E-state index is 0. The van der Waals surface area contributed by atoms with Crippen molar-refractivity contribution < 1.29 is 14.7 Å². The Bertz CT molecular complexity index is 619. The van der Waals surface area contributed by atoms with Gasteiger partial charge in [-0.25, -0.2) is 4.79 Å². The molecule has 0 aliphatic heterocycles. The van der Waals surface area contributed by atoms with Crippen LogP contribution in [-0.2, 0) is 6.42 Å². The number of aryl methyl sites for hydroxylation is 1. The molecule has 0 saturated carbocycles. The van der Waals surface area contributed by atoms with Crippen LogP contribution in [0.2, 0.25) is 0 Å². The number of hydrogen-bond donors (Lipinski definition) is 2. The molecule has 0 fully saturated rings. The van der Waals surface area contributed by atoms with Gasteiger partial charge in [-0.2, -0.15) is 0 Å². The predicted octanol–water partition coefficient (Wildman–Crippen LogP) is 6.64. The van der Waals surface area contributed by atoms with Gasteiger partial charge in [-0.3, -0.25) is 4.79 Å². The molecule has 1 amide bonds. The van der Waals surface area contributed by atoms with Crippen LogP contribution in [0, 0.1) is 0 Å². The number of rotatable bonds is 19. The van der Waals surface area contributed by atoms with Crippen LogP contribution in [0.4, 0.5) is 0 Å². The molecule has 3 N–H and O–H groups in total. The van der Waals surface area contributed by atoms with E-state index < -0.39 is 11.9 Å². The number of carboxylic acids is 1. The quantitative estimate of drug-likeness (QED) is 0.186. The molecule has 0 bridgehead atoms. The number of carboxylic acid groups (broad SMARTS) is 1. The van der Waals surface area contributed by atoms with E-state index >= 15 is 0 Å². The van der Waals surface area contributed by atoms with Gasteiger partial charge in [-0.1, -0.05) is 103 Å². The number of hydrogen-bond acceptors (Lipinski definition) is 2. The van der Waals surface area contributed by atoms with Crippen molar-refractivity contribution in [1.82, 2.24) is 0 Å². The van der Waals surface area contributed by atoms with Crippen LogP contribution in [-0.4, -0.2) is 46.5 Å². The van der Waals surface area contributed by atoms with Crippen LogP contribution in [0.25, 0.3) is 0 Å². The van der Waals surface area contributed by atoms with Crippen LogP contribution < -0.4 is 5.73 Å². The molecule has 172 valence electrons. The molecule has 1 aromatic carbocycles. The summed E-state index contributed by atoms with van der Waals surface area (Å²) in [5.74, 6) is -1.46. The third-order valence-electron chi connectivity index (χ3n) is 5.92. The van der Waals surface area contributed by atoms with E-state index in [1.165, 1.54) is 102 Å². The normalized spacial score (nSPS) is 10.6. The van der Waals surface area contributed by atoms with Crippen LogP contribution >= 0.6 is 0 Å². The van der Waals surface area contributed by atoms with E-state index in [2.05, 4.69) is 6.92 Å². The van der Waals surface area contributed by atoms with E-state index in [4.69, 9.17) is 10.8 Å². The third kappa shape index (κ3) is 14.8. The van der Waals surface area contributed by atoms with E-state index in [0.717, 1.165) is 18.4 Å². The third-order valence-corrected chi connectivity index (χ3v) is 5.92. The molecule has 0 aromatic heterocycles. The number of carbonyl (C=O) groups is 2. The number of carbonyl (C=O) groups excluding carboxylic acids is 1. The monoisotopic (exact) mass is 441 g/mol. The summed E-state index contributed by atoms with van der Waals surface area (Å²) in [7, 11) is 0. The Morgan fingerprint density at radius 3 is 1.55 bits per heavy atom. The van der Waals surface area contributed by atoms with Crippen molar-refractivity contribution in [2.45, 2.75) is 116 Å². The zero-order valence-electron chi connectivity index (χ0n) is 19.1. The van der Waals surface area contributed by atoms with Gasteiger partial charge < -0.3 is 10.8 Å². The SMILES string of the molecule is CCCCCCCCCCCCCCCCCCc1cc(C(=O)O)ccc1C(N)=O.[NaH]. The molecule has 0 atom stereocenters. The summed E-state index contributed by atoms with van der Waals surface area (Å²) in [5.41, 5.74) is 6.83. The van der Waals surface area contributed by atoms with Crippen molar-refractivity contribution in [3.8, 4) is 0 Å². The first kappa shape index (κ1) is 30.2. The Morgan fingerprint density at radius 2 is 1.16 bits per heavy atom. The molecule has 0 unspecified atom stereocenters. The fourth-order valence-electron chi connectivity index (χ4n) is 4.04. The Morgan fingerprint density at radius 1 is 0.742 bits per heavy atom. The second-order valence-electron chi connectivity index (χ2n) is 8.59. The van der Waals surface area contributed by atoms with Crippen molar-refractivity contribution in [3.63, 3.8) is 0 Å². The van der Waals surface area contributed by atoms with Crippen molar-refractivity contribution in [2.24, 2.45) is 5.73 Å². The number of amides is 1. The standard InChI is InChI=1S/C26H43NO3.Na.H/c1-2-3-4-5-6-7-8-9-10-11-12-13-14-15-16-17-18-22-21-23(26(29)30)19-20-24(22)25(27)28;;/h19-21H,2-18H2,1H3,(H2,27,28)(H,29,30);;. The van der Waals surface area contributed by atoms with E-state index in [0.29, 0.717) is 12.0 Å². The second-order valence-corrected chi connectivity index (χ2v) is 8.59. The van der Waals surface area contributed by atoms with Gasteiger partial charge in [-0.15, -0.1) is 0 Å². The summed E-state index contributed by atoms with van der Waals surface area (Å²) in [4.78, 5) is 22.7. The molecular weight excluding hydrogens is 397 g/mol. The topological polar surface area (TPSA) is 80.4 Å². The van der Waals surface area contributed by atoms with Crippen LogP contribution in [0.15, 0.2) is 18.2 Å². The van der Waals surface area contributed by atoms with E-state index in [9.17, 15) is 9.59 Å². The first-order valence-corrected chi connectivity index (χ1v) is 12.2. The summed E-state index contributed by atoms with van der Waals surface area (Å²) in [6, 6.07) is 4.57. The maximum absolute atomic E-state index is 11.5. The zero-order valence-corrected chi connectivity index (χ0v) is 19.1. The molecule has 0 heterocycles. The predicted molar refractivity (Wildman–Crippen MR) is 132 cm³/mol. The summed E-state index contributed by atoms with van der Waals surface area (Å²) in [6.07, 6.45) is 21.8. The van der Waals surface area contributed by atoms with Gasteiger partial charge in [0.2, 0.25) is 5.91 Å². The van der Waals surface area contributed by atoms with Gasteiger partial charge in [-0.05, 0) is 36.6 Å². The Balaban J connectivity index is 0.00000900. The molecule has 31 heavy (non-hydrogen) atoms. The van der Waals surface area contributed by atoms with Gasteiger partial charge in [0.1, 0.15) is 0 Å². The fraction of sp³-hybridized carbons (Fsp3) is 0.692. The van der Waals surface area contributed by atoms with Gasteiger partial charge >= 0.3 is 35.5 Å². The summed E-state index contributed by atoms with van der Waals surface area (Å²) in [6.45, 7) is 2.27. The zero-order chi connectivity index (χ0) is 22.0. The number of benzene rings is 1. The molecule has 0 aliphatic carbocycles. The molecule has 4 nitrogen and oxygen atoms in total. The molecule has 5 heteroatoms. The fourth-order valence-corrected chi connectivity index (χ4v) is 4.04. The average molecular weight is 442 g/mol. The Labute approximate surface area is 212 Å². The molecule has 0 saturated heterocycles. The van der Waals surface area contributed by atoms with Crippen molar-refractivity contribution in [1.29, 1.82) is 0 Å². The van der Waals surface area contributed by atoms with E-state index in [1.54, 1.807) is 6.07 Å². The minimum atomic E-state index is -0.973. The van der Waals surface area contributed by atoms with Crippen molar-refractivity contribution >= 4 is 41.4 Å². The van der Waals surface area contributed by atoms with Gasteiger partial charge in [0.05, 0.1) is 5.56 Å². The van der Waals surface area contributed by atoms with Crippen molar-refractivity contribution in [2.75, 3.05) is 0 Å². The number of nitrogens with two attached hydrogens (primary N) is 1.